The number of aliphatic carboxylic acids is 1. The molecule has 2 aromatic heterocycles. The molecule has 0 atom stereocenters. The minimum absolute atomic E-state index is 0.261. The van der Waals surface area contributed by atoms with E-state index in [2.05, 4.69) is 15.3 Å². The van der Waals surface area contributed by atoms with Gasteiger partial charge in [0.25, 0.3) is 5.56 Å². The van der Waals surface area contributed by atoms with Gasteiger partial charge in [-0.15, -0.1) is 5.10 Å². The van der Waals surface area contributed by atoms with Gasteiger partial charge >= 0.3 is 5.97 Å². The molecule has 0 aliphatic carbocycles. The van der Waals surface area contributed by atoms with Crippen molar-refractivity contribution in [3.8, 4) is 0 Å². The molecule has 0 aliphatic rings. The molecular weight excluding hydrogens is 298 g/mol. The number of aryl methyl sites for hydroxylation is 1. The van der Waals surface area contributed by atoms with Crippen molar-refractivity contribution in [2.75, 3.05) is 0 Å². The number of carboxylic acids is 1. The summed E-state index contributed by atoms with van der Waals surface area (Å²) in [5.41, 5.74) is 0.831. The molecule has 0 aliphatic heterocycles. The molecule has 2 heterocycles. The quantitative estimate of drug-likeness (QED) is 0.763. The van der Waals surface area contributed by atoms with Crippen LogP contribution in [0, 0.1) is 0 Å². The summed E-state index contributed by atoms with van der Waals surface area (Å²) in [6.45, 7) is -0.458. The maximum atomic E-state index is 12.5. The van der Waals surface area contributed by atoms with Crippen LogP contribution in [0.3, 0.4) is 0 Å². The van der Waals surface area contributed by atoms with Gasteiger partial charge in [-0.25, -0.2) is 9.67 Å². The fourth-order valence-corrected chi connectivity index (χ4v) is 2.21. The van der Waals surface area contributed by atoms with Gasteiger partial charge in [0.1, 0.15) is 12.4 Å². The molecule has 0 amide bonds. The molecule has 0 bridgehead atoms. The van der Waals surface area contributed by atoms with Crippen molar-refractivity contribution < 1.29 is 9.90 Å². The van der Waals surface area contributed by atoms with E-state index in [-0.39, 0.29) is 11.4 Å². The maximum absolute atomic E-state index is 12.5. The number of hydrogen-bond acceptors (Lipinski definition) is 5. The number of para-hydroxylation sites is 1. The number of carbonyl (C=O) groups is 1. The van der Waals surface area contributed by atoms with Crippen LogP contribution in [0.1, 0.15) is 11.5 Å². The van der Waals surface area contributed by atoms with Crippen LogP contribution in [0.15, 0.2) is 35.3 Å². The summed E-state index contributed by atoms with van der Waals surface area (Å²) in [5.74, 6) is -0.849. The van der Waals surface area contributed by atoms with Gasteiger partial charge < -0.3 is 5.11 Å². The lowest BCUT2D eigenvalue weighted by Gasteiger charge is -2.08. The smallest absolute Gasteiger partial charge is 0.323 e. The first kappa shape index (κ1) is 14.6. The fraction of sp³-hybridized carbons (Fsp3) is 0.133. The zero-order valence-electron chi connectivity index (χ0n) is 12.2. The van der Waals surface area contributed by atoms with E-state index in [4.69, 9.17) is 5.11 Å². The van der Waals surface area contributed by atoms with Crippen LogP contribution in [0.2, 0.25) is 0 Å². The van der Waals surface area contributed by atoms with Crippen molar-refractivity contribution in [3.05, 3.63) is 52.3 Å². The van der Waals surface area contributed by atoms with Crippen molar-refractivity contribution in [3.63, 3.8) is 0 Å². The second-order valence-electron chi connectivity index (χ2n) is 4.89. The van der Waals surface area contributed by atoms with Gasteiger partial charge in [-0.1, -0.05) is 17.3 Å². The van der Waals surface area contributed by atoms with Gasteiger partial charge in [0.05, 0.1) is 22.8 Å². The molecule has 0 fully saturated rings. The number of rotatable bonds is 4. The molecular formula is C15H13N5O3. The summed E-state index contributed by atoms with van der Waals surface area (Å²) < 4.78 is 2.68. The molecule has 0 radical (unpaired) electrons. The average molecular weight is 311 g/mol. The number of nitrogens with zero attached hydrogens (tertiary/aromatic N) is 5. The van der Waals surface area contributed by atoms with Gasteiger partial charge in [0, 0.05) is 7.05 Å². The predicted octanol–water partition coefficient (Wildman–Crippen LogP) is 0.780. The molecule has 0 spiro atoms. The van der Waals surface area contributed by atoms with Crippen molar-refractivity contribution >= 4 is 29.0 Å². The van der Waals surface area contributed by atoms with Crippen LogP contribution in [-0.4, -0.2) is 35.6 Å². The minimum atomic E-state index is -1.11. The predicted molar refractivity (Wildman–Crippen MR) is 83.6 cm³/mol. The van der Waals surface area contributed by atoms with Crippen molar-refractivity contribution in [2.45, 2.75) is 6.54 Å². The van der Waals surface area contributed by atoms with E-state index in [1.807, 2.05) is 0 Å². The first-order valence-electron chi connectivity index (χ1n) is 6.80. The lowest BCUT2D eigenvalue weighted by molar-refractivity contribution is -0.137. The van der Waals surface area contributed by atoms with E-state index in [9.17, 15) is 9.59 Å². The molecule has 1 N–H and O–H groups in total. The molecule has 3 rings (SSSR count). The van der Waals surface area contributed by atoms with Gasteiger partial charge in [-0.3, -0.25) is 14.2 Å². The zero-order valence-corrected chi connectivity index (χ0v) is 12.2. The first-order chi connectivity index (χ1) is 11.1. The Morgan fingerprint density at radius 2 is 2.09 bits per heavy atom. The van der Waals surface area contributed by atoms with Crippen molar-refractivity contribution in [1.29, 1.82) is 0 Å². The van der Waals surface area contributed by atoms with E-state index >= 15 is 0 Å². The molecule has 3 aromatic rings. The highest BCUT2D eigenvalue weighted by Gasteiger charge is 2.11. The summed E-state index contributed by atoms with van der Waals surface area (Å²) in [6.07, 6.45) is 4.81. The Balaban J connectivity index is 2.17. The molecule has 0 saturated carbocycles. The molecule has 23 heavy (non-hydrogen) atoms. The highest BCUT2D eigenvalue weighted by Crippen LogP contribution is 2.10. The second kappa shape index (κ2) is 5.84. The van der Waals surface area contributed by atoms with E-state index in [1.165, 1.54) is 0 Å². The van der Waals surface area contributed by atoms with Crippen LogP contribution < -0.4 is 5.56 Å². The highest BCUT2D eigenvalue weighted by atomic mass is 16.4. The SMILES string of the molecule is Cn1nncc1/C=C/c1nc2ccccc2c(=O)n1CC(=O)O. The Labute approximate surface area is 130 Å². The van der Waals surface area contributed by atoms with Crippen LogP contribution in [0.25, 0.3) is 23.1 Å². The van der Waals surface area contributed by atoms with Gasteiger partial charge in [-0.2, -0.15) is 0 Å². The molecule has 8 heteroatoms. The third-order valence-corrected chi connectivity index (χ3v) is 3.34. The lowest BCUT2D eigenvalue weighted by Crippen LogP contribution is -2.27. The summed E-state index contributed by atoms with van der Waals surface area (Å²) in [7, 11) is 1.73. The van der Waals surface area contributed by atoms with E-state index in [0.717, 1.165) is 4.57 Å². The van der Waals surface area contributed by atoms with Crippen LogP contribution >= 0.6 is 0 Å². The maximum Gasteiger partial charge on any atom is 0.323 e. The zero-order chi connectivity index (χ0) is 16.4. The number of hydrogen-bond donors (Lipinski definition) is 1. The largest absolute Gasteiger partial charge is 0.480 e. The van der Waals surface area contributed by atoms with Crippen LogP contribution in [0.5, 0.6) is 0 Å². The third-order valence-electron chi connectivity index (χ3n) is 3.34. The lowest BCUT2D eigenvalue weighted by atomic mass is 10.2. The molecule has 116 valence electrons. The number of benzene rings is 1. The summed E-state index contributed by atoms with van der Waals surface area (Å²) in [6, 6.07) is 6.83. The van der Waals surface area contributed by atoms with Gasteiger partial charge in [-0.05, 0) is 24.3 Å². The topological polar surface area (TPSA) is 103 Å². The molecule has 1 aromatic carbocycles. The van der Waals surface area contributed by atoms with Gasteiger partial charge in [0.2, 0.25) is 0 Å². The Morgan fingerprint density at radius 1 is 1.30 bits per heavy atom. The fourth-order valence-electron chi connectivity index (χ4n) is 2.21. The molecule has 0 unspecified atom stereocenters. The third kappa shape index (κ3) is 2.86. The molecule has 8 nitrogen and oxygen atoms in total. The van der Waals surface area contributed by atoms with Gasteiger partial charge in [0.15, 0.2) is 0 Å². The molecule has 0 saturated heterocycles. The average Bonchev–Trinajstić information content (AvgIpc) is 2.93. The number of carboxylic acid groups (broad SMARTS) is 1. The Kier molecular flexibility index (Phi) is 3.71. The number of aromatic nitrogens is 5. The highest BCUT2D eigenvalue weighted by molar-refractivity contribution is 5.79. The van der Waals surface area contributed by atoms with E-state index in [1.54, 1.807) is 54.3 Å². The van der Waals surface area contributed by atoms with Crippen LogP contribution in [-0.2, 0) is 18.4 Å². The van der Waals surface area contributed by atoms with E-state index in [0.29, 0.717) is 16.6 Å². The summed E-state index contributed by atoms with van der Waals surface area (Å²) in [5, 5.41) is 17.0. The monoisotopic (exact) mass is 311 g/mol. The normalized spacial score (nSPS) is 11.3. The standard InChI is InChI=1S/C15H13N5O3/c1-19-10(8-16-18-19)6-7-13-17-12-5-3-2-4-11(12)15(23)20(13)9-14(21)22/h2-8H,9H2,1H3,(H,21,22)/b7-6+. The second-order valence-corrected chi connectivity index (χ2v) is 4.89. The number of fused-ring (bicyclic) bond motifs is 1. The van der Waals surface area contributed by atoms with Crippen molar-refractivity contribution in [1.82, 2.24) is 24.5 Å². The van der Waals surface area contributed by atoms with E-state index < -0.39 is 12.5 Å². The Bertz CT molecular complexity index is 971. The summed E-state index contributed by atoms with van der Waals surface area (Å²) in [4.78, 5) is 28.0. The minimum Gasteiger partial charge on any atom is -0.480 e. The Hall–Kier alpha value is -3.29. The Morgan fingerprint density at radius 3 is 2.78 bits per heavy atom. The van der Waals surface area contributed by atoms with Crippen LogP contribution in [0.4, 0.5) is 0 Å². The first-order valence-corrected chi connectivity index (χ1v) is 6.80. The summed E-state index contributed by atoms with van der Waals surface area (Å²) >= 11 is 0. The van der Waals surface area contributed by atoms with Crippen molar-refractivity contribution in [2.24, 2.45) is 7.05 Å².